The molecule has 8 amide bonds. The largest absolute Gasteiger partial charge is 0.416 e. The number of alkyl halides is 12. The maximum absolute atomic E-state index is 13.2. The Morgan fingerprint density at radius 1 is 0.290 bits per heavy atom. The second-order valence-electron chi connectivity index (χ2n) is 28.3. The molecule has 0 unspecified atom stereocenters. The van der Waals surface area contributed by atoms with Crippen molar-refractivity contribution in [1.29, 1.82) is 0 Å². The summed E-state index contributed by atoms with van der Waals surface area (Å²) >= 11 is 24.8. The van der Waals surface area contributed by atoms with Crippen molar-refractivity contribution in [3.05, 3.63) is 376 Å². The molecule has 12 aromatic rings. The van der Waals surface area contributed by atoms with E-state index in [-0.39, 0.29) is 23.4 Å². The summed E-state index contributed by atoms with van der Waals surface area (Å²) in [5.41, 5.74) is 5.56. The molecular weight excluding hydrogens is 1730 g/mol. The number of amides is 8. The van der Waals surface area contributed by atoms with Crippen molar-refractivity contribution in [2.75, 3.05) is 47.4 Å². The number of halogens is 20. The Balaban J connectivity index is 0.000000142. The summed E-state index contributed by atoms with van der Waals surface area (Å²) in [4.78, 5) is 75.6. The molecule has 0 spiro atoms. The molecule has 4 aliphatic rings. The SMILES string of the molecule is O=C(Nc1ccc(F)cc1)N1CCc2c(Cl)ccnc2[C@@H]1c1ccc(C(F)(F)F)cc1.O=C(Nc1ccc(F)cc1)N1CCc2c(Cl)ccnc2[C@H]1c1ccc(C(F)(F)F)cc1.O=C(Nc1ccc(F)cc1)N1CCc2ccc(Cl)nc2[C@@H]1c1ccc(C(F)(F)F)cc1.O=C(Nc1ccc(F)cc1)N1CCc2ccc(Cl)nc2[C@H]1c1ccc(C(F)(F)F)cc1. The molecule has 8 aromatic carbocycles. The van der Waals surface area contributed by atoms with Crippen molar-refractivity contribution in [1.82, 2.24) is 39.5 Å². The van der Waals surface area contributed by atoms with E-state index in [0.717, 1.165) is 70.8 Å². The molecule has 16 rings (SSSR count). The van der Waals surface area contributed by atoms with Gasteiger partial charge in [-0.3, -0.25) is 9.97 Å². The first-order valence-electron chi connectivity index (χ1n) is 37.5. The molecule has 640 valence electrons. The number of urea groups is 4. The lowest BCUT2D eigenvalue weighted by Gasteiger charge is -2.37. The van der Waals surface area contributed by atoms with Gasteiger partial charge < -0.3 is 40.9 Å². The molecule has 0 saturated heterocycles. The zero-order chi connectivity index (χ0) is 88.7. The number of pyridine rings is 4. The molecule has 8 heterocycles. The quantitative estimate of drug-likeness (QED) is 0.0857. The molecule has 4 atom stereocenters. The number of rotatable bonds is 8. The van der Waals surface area contributed by atoms with Crippen molar-refractivity contribution in [3.63, 3.8) is 0 Å². The summed E-state index contributed by atoms with van der Waals surface area (Å²) in [6.07, 6.45) is -13.0. The summed E-state index contributed by atoms with van der Waals surface area (Å²) in [5.74, 6) is -1.75. The van der Waals surface area contributed by atoms with Crippen LogP contribution in [0.3, 0.4) is 0 Å². The van der Waals surface area contributed by atoms with Crippen LogP contribution in [0.25, 0.3) is 0 Å². The average molecular weight is 1800 g/mol. The van der Waals surface area contributed by atoms with Crippen LogP contribution in [0.15, 0.2) is 243 Å². The molecular formula is C88H64Cl4F16N12O4. The van der Waals surface area contributed by atoms with Crippen LogP contribution < -0.4 is 21.3 Å². The van der Waals surface area contributed by atoms with E-state index in [2.05, 4.69) is 41.2 Å². The van der Waals surface area contributed by atoms with Gasteiger partial charge in [0.1, 0.15) is 57.7 Å². The van der Waals surface area contributed by atoms with Gasteiger partial charge in [0.05, 0.1) is 45.0 Å². The molecule has 0 aliphatic carbocycles. The van der Waals surface area contributed by atoms with Gasteiger partial charge in [-0.25, -0.2) is 46.7 Å². The van der Waals surface area contributed by atoms with Crippen LogP contribution in [0.2, 0.25) is 20.4 Å². The van der Waals surface area contributed by atoms with Crippen molar-refractivity contribution in [2.24, 2.45) is 0 Å². The van der Waals surface area contributed by atoms with E-state index in [9.17, 15) is 89.4 Å². The number of nitrogens with zero attached hydrogens (tertiary/aromatic N) is 8. The van der Waals surface area contributed by atoms with E-state index >= 15 is 0 Å². The summed E-state index contributed by atoms with van der Waals surface area (Å²) in [6.45, 7) is 1.18. The van der Waals surface area contributed by atoms with Crippen LogP contribution in [0, 0.1) is 23.3 Å². The molecule has 16 nitrogen and oxygen atoms in total. The maximum Gasteiger partial charge on any atom is 0.416 e. The zero-order valence-corrected chi connectivity index (χ0v) is 66.9. The molecule has 0 bridgehead atoms. The van der Waals surface area contributed by atoms with E-state index in [1.165, 1.54) is 178 Å². The number of aromatic nitrogens is 4. The number of hydrogen-bond donors (Lipinski definition) is 4. The van der Waals surface area contributed by atoms with Crippen LogP contribution in [0.5, 0.6) is 0 Å². The third-order valence-electron chi connectivity index (χ3n) is 20.4. The zero-order valence-electron chi connectivity index (χ0n) is 63.8. The van der Waals surface area contributed by atoms with E-state index in [1.54, 1.807) is 36.4 Å². The Bertz CT molecular complexity index is 5230. The van der Waals surface area contributed by atoms with Crippen molar-refractivity contribution < 1.29 is 89.4 Å². The minimum atomic E-state index is -4.47. The highest BCUT2D eigenvalue weighted by Crippen LogP contribution is 2.44. The lowest BCUT2D eigenvalue weighted by molar-refractivity contribution is -0.138. The lowest BCUT2D eigenvalue weighted by Crippen LogP contribution is -2.43. The van der Waals surface area contributed by atoms with E-state index in [4.69, 9.17) is 46.4 Å². The molecule has 36 heteroatoms. The Kier molecular flexibility index (Phi) is 27.1. The Morgan fingerprint density at radius 2 is 0.516 bits per heavy atom. The average Bonchev–Trinajstić information content (AvgIpc) is 0.796. The summed E-state index contributed by atoms with van der Waals surface area (Å²) in [6, 6.07) is 44.9. The second-order valence-corrected chi connectivity index (χ2v) is 29.9. The number of nitrogens with one attached hydrogen (secondary N) is 4. The van der Waals surface area contributed by atoms with Gasteiger partial charge in [0.25, 0.3) is 0 Å². The van der Waals surface area contributed by atoms with Crippen molar-refractivity contribution >= 4 is 93.3 Å². The fourth-order valence-corrected chi connectivity index (χ4v) is 15.2. The van der Waals surface area contributed by atoms with Gasteiger partial charge >= 0.3 is 48.8 Å². The van der Waals surface area contributed by atoms with Gasteiger partial charge in [-0.05, 0) is 240 Å². The molecule has 4 aliphatic heterocycles. The van der Waals surface area contributed by atoms with Gasteiger partial charge in [0.2, 0.25) is 0 Å². The van der Waals surface area contributed by atoms with Crippen LogP contribution in [0.1, 0.15) is 114 Å². The van der Waals surface area contributed by atoms with Gasteiger partial charge in [0, 0.05) is 71.4 Å². The highest BCUT2D eigenvalue weighted by atomic mass is 35.5. The first-order valence-corrected chi connectivity index (χ1v) is 39.0. The van der Waals surface area contributed by atoms with E-state index in [1.807, 2.05) is 0 Å². The highest BCUT2D eigenvalue weighted by Gasteiger charge is 2.42. The van der Waals surface area contributed by atoms with Gasteiger partial charge in [-0.2, -0.15) is 52.7 Å². The Morgan fingerprint density at radius 3 is 0.750 bits per heavy atom. The van der Waals surface area contributed by atoms with Crippen LogP contribution in [-0.2, 0) is 50.4 Å². The third-order valence-corrected chi connectivity index (χ3v) is 21.5. The maximum atomic E-state index is 13.2. The molecule has 0 fully saturated rings. The number of carbonyl (C=O) groups excluding carboxylic acids is 4. The molecule has 4 aromatic heterocycles. The summed E-state index contributed by atoms with van der Waals surface area (Å²) < 4.78 is 209. The smallest absolute Gasteiger partial charge is 0.311 e. The molecule has 124 heavy (non-hydrogen) atoms. The number of hydrogen-bond acceptors (Lipinski definition) is 8. The summed E-state index contributed by atoms with van der Waals surface area (Å²) in [5, 5.41) is 12.2. The number of carbonyl (C=O) groups is 4. The van der Waals surface area contributed by atoms with Gasteiger partial charge in [0.15, 0.2) is 0 Å². The molecule has 4 N–H and O–H groups in total. The number of fused-ring (bicyclic) bond motifs is 4. The fraction of sp³-hybridized carbons (Fsp3) is 0.182. The van der Waals surface area contributed by atoms with Gasteiger partial charge in [-0.1, -0.05) is 107 Å². The third kappa shape index (κ3) is 21.4. The van der Waals surface area contributed by atoms with Crippen LogP contribution in [-0.4, -0.2) is 89.8 Å². The summed E-state index contributed by atoms with van der Waals surface area (Å²) in [7, 11) is 0. The second kappa shape index (κ2) is 37.7. The standard InChI is InChI=1S/4C22H16ClF4N3O/c2*23-18-10-3-13-11-12-30(21(31)28-17-8-6-16(24)7-9-17)20(19(13)29-18)14-1-4-15(5-2-14)22(25,26)27;2*23-18-9-11-28-19-17(18)10-12-30(21(31)29-16-7-5-15(24)6-8-16)20(19)13-1-3-14(4-2-13)22(25,26)27/h2*1-10,20H,11-12H2,(H,28,31);2*1-9,11,20H,10,12H2,(H,29,31)/t4*20-/m1010/s1. The minimum Gasteiger partial charge on any atom is -0.311 e. The van der Waals surface area contributed by atoms with Gasteiger partial charge in [-0.15, -0.1) is 0 Å². The normalized spacial score (nSPS) is 16.0. The monoisotopic (exact) mass is 1800 g/mol. The number of benzene rings is 8. The lowest BCUT2D eigenvalue weighted by atomic mass is 9.92. The fourth-order valence-electron chi connectivity index (χ4n) is 14.4. The minimum absolute atomic E-state index is 0.219. The van der Waals surface area contributed by atoms with Crippen LogP contribution >= 0.6 is 46.4 Å². The number of anilines is 4. The predicted molar refractivity (Wildman–Crippen MR) is 433 cm³/mol. The topological polar surface area (TPSA) is 181 Å². The first kappa shape index (κ1) is 89.2. The van der Waals surface area contributed by atoms with E-state index in [0.29, 0.717) is 117 Å². The van der Waals surface area contributed by atoms with Crippen molar-refractivity contribution in [2.45, 2.75) is 74.6 Å². The Hall–Kier alpha value is -12.5. The van der Waals surface area contributed by atoms with Crippen LogP contribution in [0.4, 0.5) is 112 Å². The molecule has 0 radical (unpaired) electrons. The van der Waals surface area contributed by atoms with Crippen molar-refractivity contribution in [3.8, 4) is 0 Å². The highest BCUT2D eigenvalue weighted by molar-refractivity contribution is 6.32. The first-order chi connectivity index (χ1) is 58.9. The Labute approximate surface area is 716 Å². The predicted octanol–water partition coefficient (Wildman–Crippen LogP) is 24.3. The molecule has 0 saturated carbocycles. The van der Waals surface area contributed by atoms with E-state index < -0.39 is 119 Å².